The van der Waals surface area contributed by atoms with Gasteiger partial charge in [-0.05, 0) is 42.4 Å². The minimum absolute atomic E-state index is 0.0330. The second kappa shape index (κ2) is 9.16. The van der Waals surface area contributed by atoms with Crippen molar-refractivity contribution in [3.63, 3.8) is 0 Å². The number of anilines is 2. The highest BCUT2D eigenvalue weighted by Crippen LogP contribution is 2.44. The molecule has 1 aromatic carbocycles. The van der Waals surface area contributed by atoms with Crippen LogP contribution in [0.5, 0.6) is 0 Å². The molecule has 2 N–H and O–H groups in total. The van der Waals surface area contributed by atoms with Crippen LogP contribution in [0.4, 0.5) is 43.4 Å². The van der Waals surface area contributed by atoms with Gasteiger partial charge in [-0.2, -0.15) is 26.3 Å². The Hall–Kier alpha value is -2.96. The summed E-state index contributed by atoms with van der Waals surface area (Å²) in [6.07, 6.45) is -8.63. The predicted octanol–water partition coefficient (Wildman–Crippen LogP) is 6.36. The fourth-order valence-corrected chi connectivity index (χ4v) is 5.06. The number of carbonyl (C=O) groups excluding carboxylic acids is 1. The van der Waals surface area contributed by atoms with Gasteiger partial charge in [-0.15, -0.1) is 11.8 Å². The van der Waals surface area contributed by atoms with E-state index in [-0.39, 0.29) is 22.6 Å². The van der Waals surface area contributed by atoms with Gasteiger partial charge in [-0.1, -0.05) is 13.8 Å². The molecule has 2 aromatic rings. The van der Waals surface area contributed by atoms with Crippen LogP contribution in [0.2, 0.25) is 0 Å². The molecule has 1 amide bonds. The van der Waals surface area contributed by atoms with Crippen LogP contribution in [0.1, 0.15) is 60.3 Å². The maximum atomic E-state index is 13.8. The zero-order valence-electron chi connectivity index (χ0n) is 19.4. The molecule has 36 heavy (non-hydrogen) atoms. The molecule has 0 saturated heterocycles. The van der Waals surface area contributed by atoms with E-state index in [2.05, 4.69) is 15.6 Å². The predicted molar refractivity (Wildman–Crippen MR) is 126 cm³/mol. The molecule has 1 atom stereocenters. The first-order chi connectivity index (χ1) is 16.8. The number of pyridine rings is 1. The summed E-state index contributed by atoms with van der Waals surface area (Å²) in [5.74, 6) is -1.42. The van der Waals surface area contributed by atoms with Crippen molar-refractivity contribution in [1.29, 1.82) is 0 Å². The lowest BCUT2D eigenvalue weighted by atomic mass is 9.96. The van der Waals surface area contributed by atoms with E-state index in [0.717, 1.165) is 0 Å². The molecule has 1 saturated carbocycles. The number of aliphatic imine (C=N–C) groups is 1. The molecule has 1 fully saturated rings. The highest BCUT2D eigenvalue weighted by atomic mass is 32.2. The number of thioether (sulfide) groups is 1. The zero-order chi connectivity index (χ0) is 26.6. The summed E-state index contributed by atoms with van der Waals surface area (Å²) in [5, 5.41) is 4.93. The van der Waals surface area contributed by atoms with E-state index in [1.807, 2.05) is 0 Å². The number of amides is 1. The van der Waals surface area contributed by atoms with Crippen LogP contribution in [0, 0.1) is 0 Å². The smallest absolute Gasteiger partial charge is 0.382 e. The van der Waals surface area contributed by atoms with Gasteiger partial charge in [0.05, 0.1) is 16.9 Å². The van der Waals surface area contributed by atoms with Gasteiger partial charge in [0.2, 0.25) is 0 Å². The van der Waals surface area contributed by atoms with Gasteiger partial charge in [-0.25, -0.2) is 4.99 Å². The Balaban J connectivity index is 1.79. The number of nitrogens with one attached hydrogen (secondary N) is 2. The number of aromatic nitrogens is 1. The zero-order valence-corrected chi connectivity index (χ0v) is 20.2. The molecule has 1 aromatic heterocycles. The van der Waals surface area contributed by atoms with Crippen molar-refractivity contribution in [2.24, 2.45) is 4.99 Å². The standard InChI is InChI=1S/C23H22F6N4O2S/c1-4-36-16-8-12-10(2)19(23(27,28)29)31-14(12)7-13(16)20(34)32-15-9-17(22(24,25)26)33(11-5-6-11)21(35)18(15)30-3/h7-11,30H,4-6H2,1-3H3,(H,32,34). The molecule has 194 valence electrons. The summed E-state index contributed by atoms with van der Waals surface area (Å²) >= 11 is 1.20. The molecule has 6 nitrogen and oxygen atoms in total. The minimum atomic E-state index is -4.84. The van der Waals surface area contributed by atoms with E-state index in [1.54, 1.807) is 6.92 Å². The SMILES string of the molecule is CCSc1cc2c(cc1C(=O)Nc1cc(C(F)(F)F)n(C3CC3)c(=O)c1NC)N=C(C(F)(F)F)C2C. The quantitative estimate of drug-likeness (QED) is 0.335. The third kappa shape index (κ3) is 4.72. The minimum Gasteiger partial charge on any atom is -0.382 e. The van der Waals surface area contributed by atoms with E-state index in [9.17, 15) is 35.9 Å². The molecule has 1 aliphatic carbocycles. The number of benzene rings is 1. The summed E-state index contributed by atoms with van der Waals surface area (Å²) in [5.41, 5.74) is -3.48. The maximum absolute atomic E-state index is 13.8. The maximum Gasteiger partial charge on any atom is 0.431 e. The fourth-order valence-electron chi connectivity index (χ4n) is 4.23. The number of hydrogen-bond acceptors (Lipinski definition) is 5. The molecule has 0 spiro atoms. The first kappa shape index (κ1) is 26.1. The first-order valence-corrected chi connectivity index (χ1v) is 12.1. The Morgan fingerprint density at radius 3 is 2.33 bits per heavy atom. The first-order valence-electron chi connectivity index (χ1n) is 11.1. The number of rotatable bonds is 6. The van der Waals surface area contributed by atoms with Crippen LogP contribution in [-0.2, 0) is 6.18 Å². The number of fused-ring (bicyclic) bond motifs is 1. The van der Waals surface area contributed by atoms with Gasteiger partial charge < -0.3 is 10.6 Å². The summed E-state index contributed by atoms with van der Waals surface area (Å²) in [6, 6.07) is 2.78. The number of nitrogens with zero attached hydrogens (tertiary/aromatic N) is 2. The highest BCUT2D eigenvalue weighted by molar-refractivity contribution is 7.99. The molecule has 2 aliphatic rings. The topological polar surface area (TPSA) is 75.5 Å². The van der Waals surface area contributed by atoms with E-state index < -0.39 is 47.2 Å². The molecule has 1 unspecified atom stereocenters. The van der Waals surface area contributed by atoms with Gasteiger partial charge in [-0.3, -0.25) is 14.2 Å². The van der Waals surface area contributed by atoms with Crippen LogP contribution in [-0.4, -0.2) is 35.2 Å². The lowest BCUT2D eigenvalue weighted by Crippen LogP contribution is -2.30. The van der Waals surface area contributed by atoms with E-state index in [1.165, 1.54) is 37.9 Å². The fraction of sp³-hybridized carbons (Fsp3) is 0.435. The van der Waals surface area contributed by atoms with Gasteiger partial charge in [0.25, 0.3) is 11.5 Å². The van der Waals surface area contributed by atoms with Crippen molar-refractivity contribution >= 4 is 40.4 Å². The van der Waals surface area contributed by atoms with Crippen molar-refractivity contribution in [2.45, 2.75) is 55.9 Å². The summed E-state index contributed by atoms with van der Waals surface area (Å²) in [4.78, 5) is 30.2. The summed E-state index contributed by atoms with van der Waals surface area (Å²) in [6.45, 7) is 3.15. The van der Waals surface area contributed by atoms with Crippen LogP contribution in [0.15, 0.2) is 32.9 Å². The largest absolute Gasteiger partial charge is 0.431 e. The van der Waals surface area contributed by atoms with Crippen LogP contribution in [0.25, 0.3) is 0 Å². The molecule has 2 heterocycles. The Labute approximate surface area is 206 Å². The van der Waals surface area contributed by atoms with Gasteiger partial charge in [0.1, 0.15) is 17.1 Å². The average Bonchev–Trinajstić information content (AvgIpc) is 3.55. The number of hydrogen-bond donors (Lipinski definition) is 2. The number of carbonyl (C=O) groups is 1. The molecular weight excluding hydrogens is 510 g/mol. The monoisotopic (exact) mass is 532 g/mol. The van der Waals surface area contributed by atoms with Gasteiger partial charge >= 0.3 is 12.4 Å². The Bertz CT molecular complexity index is 1310. The van der Waals surface area contributed by atoms with Crippen molar-refractivity contribution in [3.05, 3.63) is 45.4 Å². The Kier molecular flexibility index (Phi) is 6.65. The highest BCUT2D eigenvalue weighted by Gasteiger charge is 2.44. The average molecular weight is 533 g/mol. The van der Waals surface area contributed by atoms with Crippen molar-refractivity contribution in [1.82, 2.24) is 4.57 Å². The van der Waals surface area contributed by atoms with Crippen molar-refractivity contribution < 1.29 is 31.1 Å². The van der Waals surface area contributed by atoms with Crippen LogP contribution >= 0.6 is 11.8 Å². The normalized spacial score (nSPS) is 17.6. The van der Waals surface area contributed by atoms with Crippen molar-refractivity contribution in [3.8, 4) is 0 Å². The van der Waals surface area contributed by atoms with Gasteiger partial charge in [0, 0.05) is 23.9 Å². The lowest BCUT2D eigenvalue weighted by molar-refractivity contribution is -0.144. The van der Waals surface area contributed by atoms with Crippen LogP contribution < -0.4 is 16.2 Å². The molecule has 0 radical (unpaired) electrons. The molecule has 0 bridgehead atoms. The van der Waals surface area contributed by atoms with Crippen LogP contribution in [0.3, 0.4) is 0 Å². The lowest BCUT2D eigenvalue weighted by Gasteiger charge is -2.20. The molecule has 13 heteroatoms. The second-order valence-electron chi connectivity index (χ2n) is 8.48. The van der Waals surface area contributed by atoms with E-state index >= 15 is 0 Å². The number of halogens is 6. The second-order valence-corrected chi connectivity index (χ2v) is 9.79. The van der Waals surface area contributed by atoms with Gasteiger partial charge in [0.15, 0.2) is 0 Å². The molecular formula is C23H22F6N4O2S. The van der Waals surface area contributed by atoms with E-state index in [4.69, 9.17) is 0 Å². The van der Waals surface area contributed by atoms with E-state index in [0.29, 0.717) is 39.7 Å². The number of alkyl halides is 6. The Morgan fingerprint density at radius 1 is 1.14 bits per heavy atom. The Morgan fingerprint density at radius 2 is 1.81 bits per heavy atom. The summed E-state index contributed by atoms with van der Waals surface area (Å²) in [7, 11) is 1.35. The summed E-state index contributed by atoms with van der Waals surface area (Å²) < 4.78 is 82.1. The third-order valence-electron chi connectivity index (χ3n) is 6.02. The molecule has 1 aliphatic heterocycles. The molecule has 4 rings (SSSR count). The third-order valence-corrected chi connectivity index (χ3v) is 6.96. The van der Waals surface area contributed by atoms with Crippen molar-refractivity contribution in [2.75, 3.05) is 23.4 Å².